The van der Waals surface area contributed by atoms with Crippen molar-refractivity contribution in [3.63, 3.8) is 0 Å². The third-order valence-corrected chi connectivity index (χ3v) is 6.26. The molecule has 0 radical (unpaired) electrons. The Morgan fingerprint density at radius 2 is 1.77 bits per heavy atom. The normalized spacial score (nSPS) is 16.8. The Morgan fingerprint density at radius 1 is 0.971 bits per heavy atom. The van der Waals surface area contributed by atoms with Crippen LogP contribution in [0.3, 0.4) is 0 Å². The Kier molecular flexibility index (Phi) is 6.04. The van der Waals surface area contributed by atoms with Crippen LogP contribution in [0, 0.1) is 11.3 Å². The summed E-state index contributed by atoms with van der Waals surface area (Å²) in [4.78, 5) is 9.46. The number of aliphatic imine (C=N–C) groups is 1. The summed E-state index contributed by atoms with van der Waals surface area (Å²) < 4.78 is 7.25. The summed E-state index contributed by atoms with van der Waals surface area (Å²) >= 11 is 0. The largest absolute Gasteiger partial charge is 0.384 e. The molecule has 0 N–H and O–H groups in total. The van der Waals surface area contributed by atoms with Crippen molar-refractivity contribution in [2.45, 2.75) is 18.9 Å². The summed E-state index contributed by atoms with van der Waals surface area (Å²) in [6.07, 6.45) is 6.31. The number of nitriles is 1. The van der Waals surface area contributed by atoms with Gasteiger partial charge in [0.2, 0.25) is 0 Å². The summed E-state index contributed by atoms with van der Waals surface area (Å²) in [5, 5.41) is 19.0. The zero-order valence-electron chi connectivity index (χ0n) is 19.6. The number of rotatable bonds is 7. The number of benzene rings is 2. The first-order valence-electron chi connectivity index (χ1n) is 11.4. The van der Waals surface area contributed by atoms with Gasteiger partial charge in [-0.25, -0.2) is 0 Å². The molecule has 4 aromatic rings. The van der Waals surface area contributed by atoms with Crippen LogP contribution in [-0.4, -0.2) is 39.7 Å². The fourth-order valence-electron chi connectivity index (χ4n) is 4.35. The third-order valence-electron chi connectivity index (χ3n) is 6.26. The highest BCUT2D eigenvalue weighted by molar-refractivity contribution is 5.78. The zero-order valence-corrected chi connectivity index (χ0v) is 19.6. The van der Waals surface area contributed by atoms with Crippen LogP contribution in [0.2, 0.25) is 0 Å². The van der Waals surface area contributed by atoms with Crippen LogP contribution < -0.4 is 0 Å². The van der Waals surface area contributed by atoms with E-state index in [1.54, 1.807) is 25.6 Å². The lowest BCUT2D eigenvalue weighted by Gasteiger charge is -2.26. The fourth-order valence-corrected chi connectivity index (χ4v) is 4.35. The highest BCUT2D eigenvalue weighted by Gasteiger charge is 2.39. The number of nitrogens with zero attached hydrogens (tertiary/aromatic N) is 6. The van der Waals surface area contributed by atoms with Crippen LogP contribution >= 0.6 is 0 Å². The molecule has 0 saturated heterocycles. The van der Waals surface area contributed by atoms with Crippen LogP contribution in [0.4, 0.5) is 0 Å². The van der Waals surface area contributed by atoms with Gasteiger partial charge in [-0.2, -0.15) is 5.26 Å². The quantitative estimate of drug-likeness (QED) is 0.381. The topological polar surface area (TPSA) is 89.0 Å². The monoisotopic (exact) mass is 460 g/mol. The standard InChI is InChI=1S/C28H24N6O/c1-28(23(14-16-31-28)15-17-35-2)27-33-32-26(34(27)25-11-7-6-10-21(25)18-29)22-12-13-24(30-19-22)20-8-4-3-5-9-20/h3-14,16,19H,15,17H2,1-2H3. The van der Waals surface area contributed by atoms with Crippen LogP contribution in [0.25, 0.3) is 28.3 Å². The van der Waals surface area contributed by atoms with E-state index in [0.717, 1.165) is 22.4 Å². The van der Waals surface area contributed by atoms with Crippen molar-refractivity contribution in [1.29, 1.82) is 5.26 Å². The van der Waals surface area contributed by atoms with Gasteiger partial charge < -0.3 is 4.74 Å². The van der Waals surface area contributed by atoms with Gasteiger partial charge in [0.05, 0.1) is 23.6 Å². The second kappa shape index (κ2) is 9.45. The van der Waals surface area contributed by atoms with Crippen molar-refractivity contribution in [2.24, 2.45) is 4.99 Å². The van der Waals surface area contributed by atoms with Crippen molar-refractivity contribution in [3.8, 4) is 34.4 Å². The van der Waals surface area contributed by atoms with E-state index in [1.807, 2.05) is 78.2 Å². The summed E-state index contributed by atoms with van der Waals surface area (Å²) in [6, 6.07) is 23.7. The summed E-state index contributed by atoms with van der Waals surface area (Å²) in [7, 11) is 1.68. The molecule has 1 aliphatic rings. The average molecular weight is 461 g/mol. The van der Waals surface area contributed by atoms with E-state index >= 15 is 0 Å². The molecule has 172 valence electrons. The molecule has 2 aromatic carbocycles. The van der Waals surface area contributed by atoms with E-state index in [1.165, 1.54) is 0 Å². The maximum atomic E-state index is 9.86. The number of pyridine rings is 1. The molecule has 5 rings (SSSR count). The molecule has 3 heterocycles. The average Bonchev–Trinajstić information content (AvgIpc) is 3.52. The molecule has 7 nitrogen and oxygen atoms in total. The van der Waals surface area contributed by atoms with Crippen molar-refractivity contribution in [1.82, 2.24) is 19.7 Å². The third kappa shape index (κ3) is 4.05. The highest BCUT2D eigenvalue weighted by atomic mass is 16.5. The molecular formula is C28H24N6O. The number of ether oxygens (including phenoxy) is 1. The summed E-state index contributed by atoms with van der Waals surface area (Å²) in [5.41, 5.74) is 4.27. The molecule has 0 bridgehead atoms. The van der Waals surface area contributed by atoms with Crippen LogP contribution in [0.1, 0.15) is 24.7 Å². The second-order valence-corrected chi connectivity index (χ2v) is 8.39. The van der Waals surface area contributed by atoms with Gasteiger partial charge in [-0.05, 0) is 49.3 Å². The number of para-hydroxylation sites is 1. The van der Waals surface area contributed by atoms with Gasteiger partial charge in [0.15, 0.2) is 11.6 Å². The summed E-state index contributed by atoms with van der Waals surface area (Å²) in [6.45, 7) is 2.60. The van der Waals surface area contributed by atoms with E-state index in [-0.39, 0.29) is 0 Å². The number of aromatic nitrogens is 4. The van der Waals surface area contributed by atoms with Crippen molar-refractivity contribution < 1.29 is 4.74 Å². The van der Waals surface area contributed by atoms with E-state index in [9.17, 15) is 5.26 Å². The van der Waals surface area contributed by atoms with Gasteiger partial charge in [0.1, 0.15) is 11.6 Å². The molecule has 1 aliphatic heterocycles. The Labute approximate surface area is 204 Å². The molecule has 0 saturated carbocycles. The van der Waals surface area contributed by atoms with Crippen molar-refractivity contribution in [3.05, 3.63) is 96.0 Å². The molecule has 2 aromatic heterocycles. The first-order valence-corrected chi connectivity index (χ1v) is 11.4. The molecule has 0 amide bonds. The van der Waals surface area contributed by atoms with Crippen LogP contribution in [0.5, 0.6) is 0 Å². The van der Waals surface area contributed by atoms with E-state index in [0.29, 0.717) is 35.9 Å². The van der Waals surface area contributed by atoms with E-state index < -0.39 is 5.54 Å². The van der Waals surface area contributed by atoms with Gasteiger partial charge in [0.25, 0.3) is 0 Å². The predicted molar refractivity (Wildman–Crippen MR) is 135 cm³/mol. The Balaban J connectivity index is 1.66. The number of hydrogen-bond acceptors (Lipinski definition) is 6. The smallest absolute Gasteiger partial charge is 0.170 e. The van der Waals surface area contributed by atoms with Crippen molar-refractivity contribution >= 4 is 6.21 Å². The SMILES string of the molecule is COCCC1=CC=NC1(C)c1nnc(-c2ccc(-c3ccccc3)nc2)n1-c1ccccc1C#N. The van der Waals surface area contributed by atoms with E-state index in [2.05, 4.69) is 21.3 Å². The number of hydrogen-bond donors (Lipinski definition) is 0. The molecule has 0 fully saturated rings. The van der Waals surface area contributed by atoms with Gasteiger partial charge in [-0.15, -0.1) is 10.2 Å². The highest BCUT2D eigenvalue weighted by Crippen LogP contribution is 2.40. The first kappa shape index (κ1) is 22.4. The molecule has 0 aliphatic carbocycles. The minimum Gasteiger partial charge on any atom is -0.384 e. The van der Waals surface area contributed by atoms with Crippen LogP contribution in [-0.2, 0) is 10.3 Å². The molecule has 1 atom stereocenters. The lowest BCUT2D eigenvalue weighted by Crippen LogP contribution is -2.26. The second-order valence-electron chi connectivity index (χ2n) is 8.39. The maximum absolute atomic E-state index is 9.86. The lowest BCUT2D eigenvalue weighted by molar-refractivity contribution is 0.198. The van der Waals surface area contributed by atoms with Crippen molar-refractivity contribution in [2.75, 3.05) is 13.7 Å². The molecule has 7 heteroatoms. The minimum absolute atomic E-state index is 0.525. The van der Waals surface area contributed by atoms with Crippen LogP contribution in [0.15, 0.2) is 89.6 Å². The van der Waals surface area contributed by atoms with Gasteiger partial charge >= 0.3 is 0 Å². The molecule has 0 spiro atoms. The zero-order chi connectivity index (χ0) is 24.3. The Hall–Kier alpha value is -4.41. The van der Waals surface area contributed by atoms with E-state index in [4.69, 9.17) is 9.73 Å². The maximum Gasteiger partial charge on any atom is 0.170 e. The van der Waals surface area contributed by atoms with Gasteiger partial charge in [-0.1, -0.05) is 42.5 Å². The van der Waals surface area contributed by atoms with Gasteiger partial charge in [0, 0.05) is 30.6 Å². The summed E-state index contributed by atoms with van der Waals surface area (Å²) in [5.74, 6) is 1.24. The molecule has 35 heavy (non-hydrogen) atoms. The fraction of sp³-hybridized carbons (Fsp3) is 0.179. The minimum atomic E-state index is -0.732. The lowest BCUT2D eigenvalue weighted by atomic mass is 9.90. The number of methoxy groups -OCH3 is 1. The Morgan fingerprint density at radius 3 is 2.51 bits per heavy atom. The van der Waals surface area contributed by atoms with Gasteiger partial charge in [-0.3, -0.25) is 14.5 Å². The first-order chi connectivity index (χ1) is 17.2. The number of allylic oxidation sites excluding steroid dienone is 1. The Bertz CT molecular complexity index is 1450. The predicted octanol–water partition coefficient (Wildman–Crippen LogP) is 5.13. The molecular weight excluding hydrogens is 436 g/mol. The molecule has 1 unspecified atom stereocenters.